The second-order valence-corrected chi connectivity index (χ2v) is 3.95. The van der Waals surface area contributed by atoms with E-state index in [0.717, 1.165) is 0 Å². The van der Waals surface area contributed by atoms with Gasteiger partial charge in [0.05, 0.1) is 16.7 Å². The molecule has 3 nitrogen and oxygen atoms in total. The zero-order valence-corrected chi connectivity index (χ0v) is 10.2. The molecule has 1 rings (SSSR count). The summed E-state index contributed by atoms with van der Waals surface area (Å²) in [5.74, 6) is -0.281. The third-order valence-corrected chi connectivity index (χ3v) is 2.65. The van der Waals surface area contributed by atoms with Crippen molar-refractivity contribution in [3.05, 3.63) is 33.8 Å². The van der Waals surface area contributed by atoms with Gasteiger partial charge in [-0.15, -0.1) is 0 Å². The molecule has 1 amide bonds. The normalized spacial score (nSPS) is 9.62. The van der Waals surface area contributed by atoms with Crippen molar-refractivity contribution in [1.29, 1.82) is 5.26 Å². The minimum absolute atomic E-state index is 0.0399. The Morgan fingerprint density at radius 1 is 1.50 bits per heavy atom. The average molecular weight is 257 g/mol. The lowest BCUT2D eigenvalue weighted by Gasteiger charge is -2.17. The van der Waals surface area contributed by atoms with Gasteiger partial charge in [-0.05, 0) is 25.1 Å². The highest BCUT2D eigenvalue weighted by atomic mass is 35.5. The predicted octanol–water partition coefficient (Wildman–Crippen LogP) is 2.98. The Hall–Kier alpha value is -1.24. The summed E-state index contributed by atoms with van der Waals surface area (Å²) in [5.41, 5.74) is 0.325. The second-order valence-electron chi connectivity index (χ2n) is 3.10. The summed E-state index contributed by atoms with van der Waals surface area (Å²) >= 11 is 11.7. The molecule has 0 saturated heterocycles. The van der Waals surface area contributed by atoms with Gasteiger partial charge in [0, 0.05) is 11.6 Å². The van der Waals surface area contributed by atoms with Crippen LogP contribution >= 0.6 is 23.2 Å². The topological polar surface area (TPSA) is 44.1 Å². The van der Waals surface area contributed by atoms with E-state index in [2.05, 4.69) is 0 Å². The van der Waals surface area contributed by atoms with Crippen molar-refractivity contribution in [2.75, 3.05) is 13.1 Å². The molecule has 1 aromatic rings. The summed E-state index contributed by atoms with van der Waals surface area (Å²) in [6.45, 7) is 2.29. The first-order valence-corrected chi connectivity index (χ1v) is 5.47. The molecule has 5 heteroatoms. The maximum absolute atomic E-state index is 12.0. The van der Waals surface area contributed by atoms with Crippen LogP contribution < -0.4 is 0 Å². The van der Waals surface area contributed by atoms with Crippen LogP contribution in [0.25, 0.3) is 0 Å². The summed E-state index contributed by atoms with van der Waals surface area (Å²) in [6, 6.07) is 6.62. The maximum atomic E-state index is 12.0. The highest BCUT2D eigenvalue weighted by Crippen LogP contribution is 2.21. The van der Waals surface area contributed by atoms with E-state index in [9.17, 15) is 4.79 Å². The summed E-state index contributed by atoms with van der Waals surface area (Å²) in [5, 5.41) is 9.37. The standard InChI is InChI=1S/C11H10Cl2N2O/c1-2-15(6-5-14)11(16)9-7-8(12)3-4-10(9)13/h3-4,7H,2,6H2,1H3. The van der Waals surface area contributed by atoms with Crippen LogP contribution in [0.1, 0.15) is 17.3 Å². The SMILES string of the molecule is CCN(CC#N)C(=O)c1cc(Cl)ccc1Cl. The van der Waals surface area contributed by atoms with Crippen LogP contribution in [0, 0.1) is 11.3 Å². The van der Waals surface area contributed by atoms with Crippen LogP contribution in [0.2, 0.25) is 10.0 Å². The van der Waals surface area contributed by atoms with E-state index in [1.165, 1.54) is 11.0 Å². The van der Waals surface area contributed by atoms with Crippen LogP contribution in [-0.4, -0.2) is 23.9 Å². The van der Waals surface area contributed by atoms with Gasteiger partial charge in [0.1, 0.15) is 6.54 Å². The zero-order chi connectivity index (χ0) is 12.1. The number of carbonyl (C=O) groups is 1. The summed E-state index contributed by atoms with van der Waals surface area (Å²) in [6.07, 6.45) is 0. The fraction of sp³-hybridized carbons (Fsp3) is 0.273. The first-order valence-electron chi connectivity index (χ1n) is 4.71. The monoisotopic (exact) mass is 256 g/mol. The molecule has 0 fully saturated rings. The molecule has 0 heterocycles. The van der Waals surface area contributed by atoms with Crippen molar-refractivity contribution in [1.82, 2.24) is 4.90 Å². The number of nitriles is 1. The van der Waals surface area contributed by atoms with Gasteiger partial charge >= 0.3 is 0 Å². The number of benzene rings is 1. The fourth-order valence-electron chi connectivity index (χ4n) is 1.24. The fourth-order valence-corrected chi connectivity index (χ4v) is 1.61. The lowest BCUT2D eigenvalue weighted by atomic mass is 10.2. The largest absolute Gasteiger partial charge is 0.326 e. The third-order valence-electron chi connectivity index (χ3n) is 2.09. The molecule has 0 spiro atoms. The van der Waals surface area contributed by atoms with Gasteiger partial charge < -0.3 is 4.90 Å². The molecular weight excluding hydrogens is 247 g/mol. The highest BCUT2D eigenvalue weighted by Gasteiger charge is 2.16. The molecule has 0 atom stereocenters. The van der Waals surface area contributed by atoms with Gasteiger partial charge in [0.2, 0.25) is 0 Å². The van der Waals surface area contributed by atoms with Crippen LogP contribution in [0.3, 0.4) is 0 Å². The van der Waals surface area contributed by atoms with Crippen LogP contribution in [0.15, 0.2) is 18.2 Å². The molecule has 16 heavy (non-hydrogen) atoms. The second kappa shape index (κ2) is 5.74. The molecular formula is C11H10Cl2N2O. The molecule has 0 aromatic heterocycles. The van der Waals surface area contributed by atoms with Gasteiger partial charge in [-0.2, -0.15) is 5.26 Å². The summed E-state index contributed by atoms with van der Waals surface area (Å²) in [4.78, 5) is 13.4. The van der Waals surface area contributed by atoms with Crippen molar-refractivity contribution in [2.45, 2.75) is 6.92 Å². The van der Waals surface area contributed by atoms with Crippen molar-refractivity contribution in [3.8, 4) is 6.07 Å². The van der Waals surface area contributed by atoms with Crippen molar-refractivity contribution in [2.24, 2.45) is 0 Å². The molecule has 0 aliphatic carbocycles. The van der Waals surface area contributed by atoms with Crippen LogP contribution in [0.5, 0.6) is 0 Å². The number of rotatable bonds is 3. The molecule has 0 aliphatic rings. The van der Waals surface area contributed by atoms with Gasteiger partial charge in [0.15, 0.2) is 0 Å². The summed E-state index contributed by atoms with van der Waals surface area (Å²) in [7, 11) is 0. The Morgan fingerprint density at radius 2 is 2.19 bits per heavy atom. The molecule has 0 bridgehead atoms. The van der Waals surface area contributed by atoms with Crippen LogP contribution in [-0.2, 0) is 0 Å². The number of halogens is 2. The molecule has 0 unspecified atom stereocenters. The first-order chi connectivity index (χ1) is 7.60. The lowest BCUT2D eigenvalue weighted by Crippen LogP contribution is -2.31. The Balaban J connectivity index is 3.03. The number of amides is 1. The Morgan fingerprint density at radius 3 is 2.75 bits per heavy atom. The minimum atomic E-state index is -0.281. The predicted molar refractivity (Wildman–Crippen MR) is 63.7 cm³/mol. The molecule has 84 valence electrons. The van der Waals surface area contributed by atoms with Gasteiger partial charge in [0.25, 0.3) is 5.91 Å². The van der Waals surface area contributed by atoms with E-state index < -0.39 is 0 Å². The van der Waals surface area contributed by atoms with Crippen molar-refractivity contribution in [3.63, 3.8) is 0 Å². The van der Waals surface area contributed by atoms with E-state index in [0.29, 0.717) is 22.2 Å². The van der Waals surface area contributed by atoms with Gasteiger partial charge in [-0.1, -0.05) is 23.2 Å². The minimum Gasteiger partial charge on any atom is -0.326 e. The van der Waals surface area contributed by atoms with E-state index in [-0.39, 0.29) is 12.5 Å². The smallest absolute Gasteiger partial charge is 0.256 e. The first kappa shape index (κ1) is 12.8. The van der Waals surface area contributed by atoms with Crippen molar-refractivity contribution >= 4 is 29.1 Å². The maximum Gasteiger partial charge on any atom is 0.256 e. The molecule has 0 aliphatic heterocycles. The van der Waals surface area contributed by atoms with E-state index in [1.54, 1.807) is 19.1 Å². The molecule has 0 N–H and O–H groups in total. The van der Waals surface area contributed by atoms with E-state index >= 15 is 0 Å². The Labute approximate surface area is 104 Å². The average Bonchev–Trinajstić information content (AvgIpc) is 2.28. The number of hydrogen-bond acceptors (Lipinski definition) is 2. The Kier molecular flexibility index (Phi) is 4.60. The van der Waals surface area contributed by atoms with Gasteiger partial charge in [-0.25, -0.2) is 0 Å². The highest BCUT2D eigenvalue weighted by molar-refractivity contribution is 6.35. The number of hydrogen-bond donors (Lipinski definition) is 0. The van der Waals surface area contributed by atoms with Crippen LogP contribution in [0.4, 0.5) is 0 Å². The number of carbonyl (C=O) groups excluding carboxylic acids is 1. The van der Waals surface area contributed by atoms with Crippen molar-refractivity contribution < 1.29 is 4.79 Å². The third kappa shape index (κ3) is 2.88. The summed E-state index contributed by atoms with van der Waals surface area (Å²) < 4.78 is 0. The number of nitrogens with zero attached hydrogens (tertiary/aromatic N) is 2. The zero-order valence-electron chi connectivity index (χ0n) is 8.70. The lowest BCUT2D eigenvalue weighted by molar-refractivity contribution is 0.0784. The molecule has 1 aromatic carbocycles. The molecule has 0 saturated carbocycles. The quantitative estimate of drug-likeness (QED) is 0.781. The van der Waals surface area contributed by atoms with E-state index in [1.807, 2.05) is 6.07 Å². The Bertz CT molecular complexity index is 440. The van der Waals surface area contributed by atoms with E-state index in [4.69, 9.17) is 28.5 Å². The van der Waals surface area contributed by atoms with Gasteiger partial charge in [-0.3, -0.25) is 4.79 Å². The molecule has 0 radical (unpaired) electrons.